The molecule has 2 rings (SSSR count). The number of aromatic nitrogens is 1. The number of halogens is 1. The lowest BCUT2D eigenvalue weighted by Crippen LogP contribution is -2.36. The van der Waals surface area contributed by atoms with E-state index in [9.17, 15) is 4.79 Å². The van der Waals surface area contributed by atoms with E-state index in [1.807, 2.05) is 11.8 Å². The first-order valence-corrected chi connectivity index (χ1v) is 7.02. The molecule has 0 aliphatic carbocycles. The third-order valence-electron chi connectivity index (χ3n) is 3.35. The van der Waals surface area contributed by atoms with Gasteiger partial charge in [0.15, 0.2) is 0 Å². The summed E-state index contributed by atoms with van der Waals surface area (Å²) in [6.07, 6.45) is 3.47. The Bertz CT molecular complexity index is 465. The van der Waals surface area contributed by atoms with Gasteiger partial charge in [-0.15, -0.1) is 0 Å². The SMILES string of the molecule is CC[C@H]1CN(C(=O)c2cnc(Cl)c(C)c2)CCCO1. The summed E-state index contributed by atoms with van der Waals surface area (Å²) in [7, 11) is 0. The third kappa shape index (κ3) is 3.45. The van der Waals surface area contributed by atoms with Gasteiger partial charge in [0.2, 0.25) is 0 Å². The highest BCUT2D eigenvalue weighted by Gasteiger charge is 2.22. The number of hydrogen-bond donors (Lipinski definition) is 0. The highest BCUT2D eigenvalue weighted by atomic mass is 35.5. The van der Waals surface area contributed by atoms with Crippen LogP contribution in [0, 0.1) is 6.92 Å². The summed E-state index contributed by atoms with van der Waals surface area (Å²) in [5.41, 5.74) is 1.42. The Morgan fingerprint density at radius 3 is 3.11 bits per heavy atom. The molecule has 1 aliphatic heterocycles. The number of hydrogen-bond acceptors (Lipinski definition) is 3. The molecule has 0 aromatic carbocycles. The number of pyridine rings is 1. The normalized spacial score (nSPS) is 20.2. The average Bonchev–Trinajstić information content (AvgIpc) is 2.66. The summed E-state index contributed by atoms with van der Waals surface area (Å²) in [5, 5.41) is 0.446. The topological polar surface area (TPSA) is 42.4 Å². The van der Waals surface area contributed by atoms with E-state index in [0.717, 1.165) is 31.6 Å². The van der Waals surface area contributed by atoms with Crippen LogP contribution in [0.15, 0.2) is 12.3 Å². The zero-order valence-corrected chi connectivity index (χ0v) is 12.1. The van der Waals surface area contributed by atoms with Gasteiger partial charge >= 0.3 is 0 Å². The molecule has 1 atom stereocenters. The van der Waals surface area contributed by atoms with Crippen LogP contribution in [0.3, 0.4) is 0 Å². The minimum Gasteiger partial charge on any atom is -0.376 e. The minimum atomic E-state index is 0.0104. The maximum absolute atomic E-state index is 12.5. The lowest BCUT2D eigenvalue weighted by atomic mass is 10.2. The van der Waals surface area contributed by atoms with Crippen molar-refractivity contribution in [3.8, 4) is 0 Å². The standard InChI is InChI=1S/C14H19ClN2O2/c1-3-12-9-17(5-4-6-19-12)14(18)11-7-10(2)13(15)16-8-11/h7-8,12H,3-6,9H2,1-2H3/t12-/m0/s1. The van der Waals surface area contributed by atoms with Crippen molar-refractivity contribution in [3.05, 3.63) is 28.5 Å². The van der Waals surface area contributed by atoms with Crippen LogP contribution in [0.4, 0.5) is 0 Å². The maximum Gasteiger partial charge on any atom is 0.255 e. The predicted octanol–water partition coefficient (Wildman–Crippen LogP) is 2.68. The molecule has 1 aromatic heterocycles. The molecule has 0 spiro atoms. The molecule has 4 nitrogen and oxygen atoms in total. The Balaban J connectivity index is 2.15. The number of ether oxygens (including phenoxy) is 1. The van der Waals surface area contributed by atoms with E-state index in [0.29, 0.717) is 17.3 Å². The van der Waals surface area contributed by atoms with Crippen molar-refractivity contribution in [3.63, 3.8) is 0 Å². The smallest absolute Gasteiger partial charge is 0.255 e. The van der Waals surface area contributed by atoms with E-state index >= 15 is 0 Å². The molecule has 1 saturated heterocycles. The van der Waals surface area contributed by atoms with Crippen molar-refractivity contribution in [1.82, 2.24) is 9.88 Å². The van der Waals surface area contributed by atoms with Gasteiger partial charge in [-0.05, 0) is 31.4 Å². The first-order valence-electron chi connectivity index (χ1n) is 6.64. The van der Waals surface area contributed by atoms with Crippen molar-refractivity contribution in [2.45, 2.75) is 32.8 Å². The second-order valence-electron chi connectivity index (χ2n) is 4.84. The number of amides is 1. The summed E-state index contributed by atoms with van der Waals surface area (Å²) in [5.74, 6) is 0.0104. The Kier molecular flexibility index (Phi) is 4.77. The van der Waals surface area contributed by atoms with Crippen molar-refractivity contribution >= 4 is 17.5 Å². The Labute approximate surface area is 118 Å². The van der Waals surface area contributed by atoms with E-state index in [1.165, 1.54) is 0 Å². The number of nitrogens with zero attached hydrogens (tertiary/aromatic N) is 2. The van der Waals surface area contributed by atoms with Crippen LogP contribution < -0.4 is 0 Å². The first kappa shape index (κ1) is 14.3. The quantitative estimate of drug-likeness (QED) is 0.783. The van der Waals surface area contributed by atoms with Crippen LogP contribution in [0.25, 0.3) is 0 Å². The lowest BCUT2D eigenvalue weighted by molar-refractivity contribution is 0.0460. The van der Waals surface area contributed by atoms with Crippen molar-refractivity contribution < 1.29 is 9.53 Å². The molecule has 1 amide bonds. The fourth-order valence-electron chi connectivity index (χ4n) is 2.18. The number of rotatable bonds is 2. The van der Waals surface area contributed by atoms with Gasteiger partial charge in [0.25, 0.3) is 5.91 Å². The monoisotopic (exact) mass is 282 g/mol. The van der Waals surface area contributed by atoms with Gasteiger partial charge < -0.3 is 9.64 Å². The van der Waals surface area contributed by atoms with Crippen molar-refractivity contribution in [2.75, 3.05) is 19.7 Å². The number of aryl methyl sites for hydroxylation is 1. The molecule has 2 heterocycles. The van der Waals surface area contributed by atoms with Crippen LogP contribution in [-0.2, 0) is 4.74 Å². The van der Waals surface area contributed by atoms with E-state index in [1.54, 1.807) is 12.3 Å². The van der Waals surface area contributed by atoms with Gasteiger partial charge in [-0.2, -0.15) is 0 Å². The van der Waals surface area contributed by atoms with Crippen molar-refractivity contribution in [1.29, 1.82) is 0 Å². The van der Waals surface area contributed by atoms with E-state index in [-0.39, 0.29) is 12.0 Å². The molecule has 0 saturated carbocycles. The lowest BCUT2D eigenvalue weighted by Gasteiger charge is -2.23. The van der Waals surface area contributed by atoms with Crippen molar-refractivity contribution in [2.24, 2.45) is 0 Å². The van der Waals surface area contributed by atoms with Crippen LogP contribution >= 0.6 is 11.6 Å². The van der Waals surface area contributed by atoms with E-state index < -0.39 is 0 Å². The minimum absolute atomic E-state index is 0.0104. The molecule has 19 heavy (non-hydrogen) atoms. The molecule has 0 radical (unpaired) electrons. The molecule has 104 valence electrons. The van der Waals surface area contributed by atoms with Gasteiger partial charge in [-0.25, -0.2) is 4.98 Å². The summed E-state index contributed by atoms with van der Waals surface area (Å²) < 4.78 is 5.68. The third-order valence-corrected chi connectivity index (χ3v) is 3.75. The molecular formula is C14H19ClN2O2. The first-order chi connectivity index (χ1) is 9.11. The van der Waals surface area contributed by atoms with Gasteiger partial charge in [-0.1, -0.05) is 18.5 Å². The maximum atomic E-state index is 12.5. The summed E-state index contributed by atoms with van der Waals surface area (Å²) >= 11 is 5.89. The molecule has 1 aromatic rings. The highest BCUT2D eigenvalue weighted by Crippen LogP contribution is 2.16. The predicted molar refractivity (Wildman–Crippen MR) is 74.5 cm³/mol. The number of carbonyl (C=O) groups excluding carboxylic acids is 1. The summed E-state index contributed by atoms with van der Waals surface area (Å²) in [4.78, 5) is 18.4. The number of carbonyl (C=O) groups is 1. The van der Waals surface area contributed by atoms with E-state index in [2.05, 4.69) is 11.9 Å². The molecule has 1 aliphatic rings. The van der Waals surface area contributed by atoms with Gasteiger partial charge in [0.1, 0.15) is 5.15 Å². The zero-order valence-electron chi connectivity index (χ0n) is 11.4. The van der Waals surface area contributed by atoms with Crippen LogP contribution in [0.5, 0.6) is 0 Å². The average molecular weight is 283 g/mol. The van der Waals surface area contributed by atoms with Crippen LogP contribution in [-0.4, -0.2) is 41.6 Å². The molecule has 0 unspecified atom stereocenters. The molecule has 5 heteroatoms. The van der Waals surface area contributed by atoms with Crippen LogP contribution in [0.1, 0.15) is 35.7 Å². The second kappa shape index (κ2) is 6.35. The Hall–Kier alpha value is -1.13. The van der Waals surface area contributed by atoms with Gasteiger partial charge in [0, 0.05) is 25.9 Å². The van der Waals surface area contributed by atoms with E-state index in [4.69, 9.17) is 16.3 Å². The second-order valence-corrected chi connectivity index (χ2v) is 5.20. The Morgan fingerprint density at radius 2 is 2.42 bits per heavy atom. The summed E-state index contributed by atoms with van der Waals surface area (Å²) in [6.45, 7) is 6.04. The molecule has 0 N–H and O–H groups in total. The summed E-state index contributed by atoms with van der Waals surface area (Å²) in [6, 6.07) is 1.80. The van der Waals surface area contributed by atoms with Gasteiger partial charge in [0.05, 0.1) is 11.7 Å². The molecule has 0 bridgehead atoms. The zero-order chi connectivity index (χ0) is 13.8. The fourth-order valence-corrected chi connectivity index (χ4v) is 2.29. The Morgan fingerprint density at radius 1 is 1.63 bits per heavy atom. The fraction of sp³-hybridized carbons (Fsp3) is 0.571. The highest BCUT2D eigenvalue weighted by molar-refractivity contribution is 6.30. The largest absolute Gasteiger partial charge is 0.376 e. The molecule has 1 fully saturated rings. The molecular weight excluding hydrogens is 264 g/mol. The van der Waals surface area contributed by atoms with Gasteiger partial charge in [-0.3, -0.25) is 4.79 Å². The van der Waals surface area contributed by atoms with Crippen LogP contribution in [0.2, 0.25) is 5.15 Å².